The number of carbonyl (C=O) groups is 2. The molecule has 0 fully saturated rings. The van der Waals surface area contributed by atoms with Crippen LogP contribution in [0.25, 0.3) is 0 Å². The minimum atomic E-state index is -1.19. The van der Waals surface area contributed by atoms with Crippen LogP contribution in [0.15, 0.2) is 12.2 Å². The molecule has 0 aliphatic rings. The molecule has 0 heterocycles. The Morgan fingerprint density at radius 1 is 1.50 bits per heavy atom. The van der Waals surface area contributed by atoms with Gasteiger partial charge in [-0.3, -0.25) is 4.79 Å². The zero-order chi connectivity index (χ0) is 10.1. The van der Waals surface area contributed by atoms with Crippen LogP contribution in [0.2, 0.25) is 0 Å². The fourth-order valence-corrected chi connectivity index (χ4v) is 0.174. The number of carbonyl (C=O) groups excluding carboxylic acids is 1. The van der Waals surface area contributed by atoms with Crippen molar-refractivity contribution in [3.8, 4) is 0 Å². The Balaban J connectivity index is 0. The van der Waals surface area contributed by atoms with Gasteiger partial charge in [-0.05, 0) is 6.42 Å². The van der Waals surface area contributed by atoms with Crippen LogP contribution in [-0.2, 0) is 9.59 Å². The molecule has 5 nitrogen and oxygen atoms in total. The summed E-state index contributed by atoms with van der Waals surface area (Å²) in [4.78, 5) is 19.2. The van der Waals surface area contributed by atoms with Crippen molar-refractivity contribution in [3.63, 3.8) is 0 Å². The van der Waals surface area contributed by atoms with Gasteiger partial charge in [0.1, 0.15) is 6.61 Å². The summed E-state index contributed by atoms with van der Waals surface area (Å²) in [5.74, 6) is -1.59. The lowest BCUT2D eigenvalue weighted by Gasteiger charge is -1.89. The number of amides is 1. The molecule has 0 aromatic rings. The maximum Gasteiger partial charge on any atom is 0.329 e. The minimum absolute atomic E-state index is 0.400. The maximum atomic E-state index is 10.1. The van der Waals surface area contributed by atoms with Gasteiger partial charge in [-0.15, -0.1) is 0 Å². The van der Waals surface area contributed by atoms with Gasteiger partial charge in [0.05, 0.1) is 0 Å². The van der Waals surface area contributed by atoms with Gasteiger partial charge in [0, 0.05) is 5.57 Å². The highest BCUT2D eigenvalue weighted by Gasteiger charge is 1.93. The number of hydrogen-bond donors (Lipinski definition) is 3. The molecule has 5 heteroatoms. The third kappa shape index (κ3) is 11.4. The second kappa shape index (κ2) is 7.74. The van der Waals surface area contributed by atoms with E-state index in [1.54, 1.807) is 0 Å². The first kappa shape index (κ1) is 13.2. The fraction of sp³-hybridized carbons (Fsp3) is 0.429. The summed E-state index contributed by atoms with van der Waals surface area (Å²) in [6.07, 6.45) is 0.648. The molecule has 0 atom stereocenters. The predicted octanol–water partition coefficient (Wildman–Crippen LogP) is -0.499. The Kier molecular flexibility index (Phi) is 8.55. The third-order valence-corrected chi connectivity index (χ3v) is 0.910. The van der Waals surface area contributed by atoms with E-state index >= 15 is 0 Å². The standard InChI is InChI=1S/C5H9NO.C2H4O3/c1-3-4(2)5(6)7;3-1-2(4)5/h2-3H2,1H3,(H2,6,7);3H,1H2,(H,4,5). The lowest BCUT2D eigenvalue weighted by molar-refractivity contribution is -0.140. The quantitative estimate of drug-likeness (QED) is 0.503. The second-order valence-corrected chi connectivity index (χ2v) is 1.87. The van der Waals surface area contributed by atoms with Crippen LogP contribution >= 0.6 is 0 Å². The molecule has 0 aromatic carbocycles. The summed E-state index contributed by atoms with van der Waals surface area (Å²) >= 11 is 0. The van der Waals surface area contributed by atoms with Crippen molar-refractivity contribution in [2.24, 2.45) is 5.73 Å². The number of primary amides is 1. The van der Waals surface area contributed by atoms with E-state index in [4.69, 9.17) is 20.7 Å². The molecule has 0 bridgehead atoms. The first-order valence-electron chi connectivity index (χ1n) is 3.25. The summed E-state index contributed by atoms with van der Waals surface area (Å²) < 4.78 is 0. The Bertz CT molecular complexity index is 176. The normalized spacial score (nSPS) is 7.83. The van der Waals surface area contributed by atoms with Gasteiger partial charge in [-0.25, -0.2) is 4.79 Å². The zero-order valence-corrected chi connectivity index (χ0v) is 6.91. The van der Waals surface area contributed by atoms with Gasteiger partial charge in [0.15, 0.2) is 0 Å². The molecule has 4 N–H and O–H groups in total. The summed E-state index contributed by atoms with van der Waals surface area (Å²) in [6, 6.07) is 0. The minimum Gasteiger partial charge on any atom is -0.480 e. The number of carboxylic acids is 1. The Hall–Kier alpha value is -1.36. The van der Waals surface area contributed by atoms with Crippen LogP contribution in [-0.4, -0.2) is 28.7 Å². The number of aliphatic carboxylic acids is 1. The van der Waals surface area contributed by atoms with E-state index in [0.29, 0.717) is 12.0 Å². The lowest BCUT2D eigenvalue weighted by Crippen LogP contribution is -2.11. The molecule has 0 aliphatic heterocycles. The molecular weight excluding hydrogens is 162 g/mol. The van der Waals surface area contributed by atoms with E-state index < -0.39 is 18.5 Å². The van der Waals surface area contributed by atoms with Gasteiger partial charge in [0.2, 0.25) is 5.91 Å². The summed E-state index contributed by atoms with van der Waals surface area (Å²) in [6.45, 7) is 4.46. The molecule has 0 aliphatic carbocycles. The molecule has 1 amide bonds. The molecule has 0 aromatic heterocycles. The Morgan fingerprint density at radius 2 is 1.83 bits per heavy atom. The average Bonchev–Trinajstić information content (AvgIpc) is 2.04. The molecule has 0 saturated heterocycles. The maximum absolute atomic E-state index is 10.1. The molecule has 0 spiro atoms. The second-order valence-electron chi connectivity index (χ2n) is 1.87. The van der Waals surface area contributed by atoms with Gasteiger partial charge >= 0.3 is 5.97 Å². The SMILES string of the molecule is C=C(CC)C(N)=O.O=C(O)CO. The predicted molar refractivity (Wildman–Crippen MR) is 43.3 cm³/mol. The van der Waals surface area contributed by atoms with Crippen molar-refractivity contribution >= 4 is 11.9 Å². The van der Waals surface area contributed by atoms with Crippen LogP contribution < -0.4 is 5.73 Å². The molecule has 70 valence electrons. The topological polar surface area (TPSA) is 101 Å². The van der Waals surface area contributed by atoms with Crippen LogP contribution in [0.1, 0.15) is 13.3 Å². The van der Waals surface area contributed by atoms with Crippen molar-refractivity contribution in [3.05, 3.63) is 12.2 Å². The first-order valence-corrected chi connectivity index (χ1v) is 3.25. The molecular formula is C7H13NO4. The number of rotatable bonds is 3. The zero-order valence-electron chi connectivity index (χ0n) is 6.91. The Labute approximate surface area is 70.5 Å². The molecule has 0 unspecified atom stereocenters. The van der Waals surface area contributed by atoms with E-state index in [2.05, 4.69) is 6.58 Å². The van der Waals surface area contributed by atoms with Gasteiger partial charge in [0.25, 0.3) is 0 Å². The first-order chi connectivity index (χ1) is 5.45. The summed E-state index contributed by atoms with van der Waals surface area (Å²) in [5.41, 5.74) is 5.29. The third-order valence-electron chi connectivity index (χ3n) is 0.910. The highest BCUT2D eigenvalue weighted by Crippen LogP contribution is 1.91. The molecule has 12 heavy (non-hydrogen) atoms. The average molecular weight is 175 g/mol. The van der Waals surface area contributed by atoms with E-state index in [0.717, 1.165) is 0 Å². The highest BCUT2D eigenvalue weighted by molar-refractivity contribution is 5.91. The Morgan fingerprint density at radius 3 is 1.83 bits per heavy atom. The van der Waals surface area contributed by atoms with Crippen molar-refractivity contribution in [2.45, 2.75) is 13.3 Å². The summed E-state index contributed by atoms with van der Waals surface area (Å²) in [7, 11) is 0. The van der Waals surface area contributed by atoms with Crippen LogP contribution in [0, 0.1) is 0 Å². The van der Waals surface area contributed by atoms with Crippen LogP contribution in [0.4, 0.5) is 0 Å². The van der Waals surface area contributed by atoms with Crippen LogP contribution in [0.5, 0.6) is 0 Å². The van der Waals surface area contributed by atoms with Gasteiger partial charge in [-0.1, -0.05) is 13.5 Å². The highest BCUT2D eigenvalue weighted by atomic mass is 16.4. The molecule has 0 radical (unpaired) electrons. The van der Waals surface area contributed by atoms with E-state index in [-0.39, 0.29) is 0 Å². The number of nitrogens with two attached hydrogens (primary N) is 1. The molecule has 0 rings (SSSR count). The summed E-state index contributed by atoms with van der Waals surface area (Å²) in [5, 5.41) is 15.0. The lowest BCUT2D eigenvalue weighted by atomic mass is 10.2. The van der Waals surface area contributed by atoms with Crippen molar-refractivity contribution in [1.29, 1.82) is 0 Å². The largest absolute Gasteiger partial charge is 0.480 e. The van der Waals surface area contributed by atoms with E-state index in [1.165, 1.54) is 0 Å². The van der Waals surface area contributed by atoms with Crippen molar-refractivity contribution < 1.29 is 19.8 Å². The number of hydrogen-bond acceptors (Lipinski definition) is 3. The van der Waals surface area contributed by atoms with Gasteiger partial charge < -0.3 is 15.9 Å². The van der Waals surface area contributed by atoms with Gasteiger partial charge in [-0.2, -0.15) is 0 Å². The number of aliphatic hydroxyl groups excluding tert-OH is 1. The van der Waals surface area contributed by atoms with E-state index in [1.807, 2.05) is 6.92 Å². The molecule has 0 saturated carbocycles. The van der Waals surface area contributed by atoms with Crippen molar-refractivity contribution in [1.82, 2.24) is 0 Å². The van der Waals surface area contributed by atoms with Crippen molar-refractivity contribution in [2.75, 3.05) is 6.61 Å². The fourth-order valence-electron chi connectivity index (χ4n) is 0.174. The van der Waals surface area contributed by atoms with E-state index in [9.17, 15) is 4.79 Å². The monoisotopic (exact) mass is 175 g/mol. The van der Waals surface area contributed by atoms with Crippen LogP contribution in [0.3, 0.4) is 0 Å². The number of carboxylic acid groups (broad SMARTS) is 1. The smallest absolute Gasteiger partial charge is 0.329 e. The number of aliphatic hydroxyl groups is 1.